The second-order valence-electron chi connectivity index (χ2n) is 6.68. The first kappa shape index (κ1) is 22.1. The Morgan fingerprint density at radius 1 is 1.19 bits per heavy atom. The normalized spacial score (nSPS) is 18.3. The first-order valence-electron chi connectivity index (χ1n) is 8.59. The third kappa shape index (κ3) is 5.22. The average Bonchev–Trinajstić information content (AvgIpc) is 2.62. The molecule has 8 heteroatoms. The summed E-state index contributed by atoms with van der Waals surface area (Å²) in [6.45, 7) is 3.33. The van der Waals surface area contributed by atoms with Gasteiger partial charge in [0.05, 0.1) is 4.90 Å². The highest BCUT2D eigenvalue weighted by atomic mass is 35.5. The predicted molar refractivity (Wildman–Crippen MR) is 112 cm³/mol. The maximum absolute atomic E-state index is 12.4. The Morgan fingerprint density at radius 3 is 2.63 bits per heavy atom. The molecule has 1 fully saturated rings. The molecule has 1 aliphatic rings. The molecule has 1 N–H and O–H groups in total. The Balaban J connectivity index is 0.00000261. The fraction of sp³-hybridized carbons (Fsp3) is 0.368. The standard InChI is InChI=1S/C19H24ClN3O2S.ClH/c1-22(2)26(24,25)18-8-3-5-15(11-18)14-23-10-9-21-13-19(23)16-6-4-7-17(20)12-16;/h3-8,11-12,19,21H,9-10,13-14H2,1-2H3;1H. The summed E-state index contributed by atoms with van der Waals surface area (Å²) in [7, 11) is -0.328. The number of sulfonamides is 1. The number of benzene rings is 2. The van der Waals surface area contributed by atoms with Crippen LogP contribution < -0.4 is 5.32 Å². The molecule has 27 heavy (non-hydrogen) atoms. The topological polar surface area (TPSA) is 52.7 Å². The summed E-state index contributed by atoms with van der Waals surface area (Å²) in [5, 5.41) is 4.16. The van der Waals surface area contributed by atoms with Crippen LogP contribution in [0, 0.1) is 0 Å². The van der Waals surface area contributed by atoms with E-state index < -0.39 is 10.0 Å². The van der Waals surface area contributed by atoms with Crippen molar-refractivity contribution in [1.82, 2.24) is 14.5 Å². The van der Waals surface area contributed by atoms with Gasteiger partial charge >= 0.3 is 0 Å². The number of halogens is 2. The lowest BCUT2D eigenvalue weighted by Crippen LogP contribution is -2.45. The van der Waals surface area contributed by atoms with E-state index >= 15 is 0 Å². The zero-order valence-electron chi connectivity index (χ0n) is 15.4. The second-order valence-corrected chi connectivity index (χ2v) is 9.27. The van der Waals surface area contributed by atoms with Gasteiger partial charge < -0.3 is 5.32 Å². The van der Waals surface area contributed by atoms with E-state index in [1.807, 2.05) is 30.3 Å². The smallest absolute Gasteiger partial charge is 0.242 e. The van der Waals surface area contributed by atoms with Gasteiger partial charge in [-0.25, -0.2) is 12.7 Å². The maximum atomic E-state index is 12.4. The summed E-state index contributed by atoms with van der Waals surface area (Å²) in [5.74, 6) is 0. The minimum absolute atomic E-state index is 0. The van der Waals surface area contributed by atoms with Gasteiger partial charge in [-0.3, -0.25) is 4.90 Å². The number of piperazine rings is 1. The second kappa shape index (κ2) is 9.37. The van der Waals surface area contributed by atoms with Gasteiger partial charge in [0, 0.05) is 51.3 Å². The van der Waals surface area contributed by atoms with Crippen molar-refractivity contribution in [1.29, 1.82) is 0 Å². The molecule has 0 saturated carbocycles. The minimum atomic E-state index is -3.43. The van der Waals surface area contributed by atoms with Gasteiger partial charge in [0.15, 0.2) is 0 Å². The molecular formula is C19H25Cl2N3O2S. The van der Waals surface area contributed by atoms with Crippen LogP contribution in [0.5, 0.6) is 0 Å². The third-order valence-corrected chi connectivity index (χ3v) is 6.70. The molecular weight excluding hydrogens is 405 g/mol. The van der Waals surface area contributed by atoms with E-state index in [2.05, 4.69) is 16.3 Å². The van der Waals surface area contributed by atoms with Crippen LogP contribution in [0.15, 0.2) is 53.4 Å². The van der Waals surface area contributed by atoms with Crippen molar-refractivity contribution >= 4 is 34.0 Å². The van der Waals surface area contributed by atoms with Gasteiger partial charge in [-0.1, -0.05) is 35.9 Å². The molecule has 148 valence electrons. The highest BCUT2D eigenvalue weighted by Gasteiger charge is 2.24. The highest BCUT2D eigenvalue weighted by Crippen LogP contribution is 2.27. The molecule has 0 aliphatic carbocycles. The van der Waals surface area contributed by atoms with E-state index in [-0.39, 0.29) is 18.4 Å². The van der Waals surface area contributed by atoms with Gasteiger partial charge in [0.1, 0.15) is 0 Å². The molecule has 2 aromatic rings. The molecule has 0 aromatic heterocycles. The largest absolute Gasteiger partial charge is 0.314 e. The van der Waals surface area contributed by atoms with E-state index in [4.69, 9.17) is 11.6 Å². The predicted octanol–water partition coefficient (Wildman–Crippen LogP) is 3.16. The fourth-order valence-electron chi connectivity index (χ4n) is 3.23. The van der Waals surface area contributed by atoms with E-state index in [0.29, 0.717) is 11.4 Å². The van der Waals surface area contributed by atoms with Gasteiger partial charge in [-0.15, -0.1) is 12.4 Å². The summed E-state index contributed by atoms with van der Waals surface area (Å²) in [6, 6.07) is 15.3. The van der Waals surface area contributed by atoms with Crippen LogP contribution >= 0.6 is 24.0 Å². The molecule has 1 unspecified atom stereocenters. The number of hydrogen-bond acceptors (Lipinski definition) is 4. The summed E-state index contributed by atoms with van der Waals surface area (Å²) in [4.78, 5) is 2.69. The van der Waals surface area contributed by atoms with Gasteiger partial charge in [0.2, 0.25) is 10.0 Å². The van der Waals surface area contributed by atoms with Crippen LogP contribution in [-0.2, 0) is 16.6 Å². The average molecular weight is 430 g/mol. The summed E-state index contributed by atoms with van der Waals surface area (Å²) < 4.78 is 26.0. The van der Waals surface area contributed by atoms with Crippen molar-refractivity contribution in [2.24, 2.45) is 0 Å². The lowest BCUT2D eigenvalue weighted by atomic mass is 10.0. The molecule has 2 aromatic carbocycles. The van der Waals surface area contributed by atoms with Crippen molar-refractivity contribution in [3.05, 3.63) is 64.7 Å². The van der Waals surface area contributed by atoms with Crippen molar-refractivity contribution in [2.75, 3.05) is 33.7 Å². The number of nitrogens with zero attached hydrogens (tertiary/aromatic N) is 2. The molecule has 0 spiro atoms. The molecule has 1 heterocycles. The lowest BCUT2D eigenvalue weighted by Gasteiger charge is -2.36. The Hall–Kier alpha value is -1.15. The minimum Gasteiger partial charge on any atom is -0.314 e. The van der Waals surface area contributed by atoms with Crippen LogP contribution in [0.1, 0.15) is 17.2 Å². The van der Waals surface area contributed by atoms with Crippen molar-refractivity contribution in [3.63, 3.8) is 0 Å². The van der Waals surface area contributed by atoms with Crippen molar-refractivity contribution < 1.29 is 8.42 Å². The van der Waals surface area contributed by atoms with Gasteiger partial charge in [-0.2, -0.15) is 0 Å². The molecule has 0 amide bonds. The van der Waals surface area contributed by atoms with E-state index in [0.717, 1.165) is 30.2 Å². The molecule has 3 rings (SSSR count). The Bertz CT molecular complexity index is 875. The van der Waals surface area contributed by atoms with Crippen LogP contribution in [0.3, 0.4) is 0 Å². The lowest BCUT2D eigenvalue weighted by molar-refractivity contribution is 0.153. The van der Waals surface area contributed by atoms with Crippen molar-refractivity contribution in [2.45, 2.75) is 17.5 Å². The van der Waals surface area contributed by atoms with E-state index in [1.165, 1.54) is 9.87 Å². The first-order valence-corrected chi connectivity index (χ1v) is 10.4. The molecule has 5 nitrogen and oxygen atoms in total. The molecule has 1 saturated heterocycles. The molecule has 1 aliphatic heterocycles. The zero-order chi connectivity index (χ0) is 18.7. The molecule has 0 bridgehead atoms. The highest BCUT2D eigenvalue weighted by molar-refractivity contribution is 7.89. The summed E-state index contributed by atoms with van der Waals surface area (Å²) in [6.07, 6.45) is 0. The van der Waals surface area contributed by atoms with Crippen LogP contribution in [0.25, 0.3) is 0 Å². The van der Waals surface area contributed by atoms with Crippen LogP contribution in [0.2, 0.25) is 5.02 Å². The van der Waals surface area contributed by atoms with E-state index in [9.17, 15) is 8.42 Å². The van der Waals surface area contributed by atoms with Crippen molar-refractivity contribution in [3.8, 4) is 0 Å². The summed E-state index contributed by atoms with van der Waals surface area (Å²) >= 11 is 6.16. The quantitative estimate of drug-likeness (QED) is 0.792. The van der Waals surface area contributed by atoms with Crippen LogP contribution in [-0.4, -0.2) is 51.4 Å². The molecule has 0 radical (unpaired) electrons. The van der Waals surface area contributed by atoms with Crippen LogP contribution in [0.4, 0.5) is 0 Å². The SMILES string of the molecule is CN(C)S(=O)(=O)c1cccc(CN2CCNCC2c2cccc(Cl)c2)c1.Cl. The number of hydrogen-bond donors (Lipinski definition) is 1. The van der Waals surface area contributed by atoms with Gasteiger partial charge in [-0.05, 0) is 35.4 Å². The number of rotatable bonds is 5. The Morgan fingerprint density at radius 2 is 1.93 bits per heavy atom. The van der Waals surface area contributed by atoms with Gasteiger partial charge in [0.25, 0.3) is 0 Å². The zero-order valence-corrected chi connectivity index (χ0v) is 17.8. The Labute approximate surface area is 172 Å². The number of nitrogens with one attached hydrogen (secondary N) is 1. The summed E-state index contributed by atoms with van der Waals surface area (Å²) in [5.41, 5.74) is 2.16. The third-order valence-electron chi connectivity index (χ3n) is 4.65. The Kier molecular flexibility index (Phi) is 7.68. The fourth-order valence-corrected chi connectivity index (χ4v) is 4.40. The molecule has 1 atom stereocenters. The monoisotopic (exact) mass is 429 g/mol. The van der Waals surface area contributed by atoms with E-state index in [1.54, 1.807) is 26.2 Å². The maximum Gasteiger partial charge on any atom is 0.242 e. The first-order chi connectivity index (χ1) is 12.4.